The van der Waals surface area contributed by atoms with Crippen molar-refractivity contribution in [2.24, 2.45) is 39.4 Å². The first-order chi connectivity index (χ1) is 16.6. The third-order valence-electron chi connectivity index (χ3n) is 11.3. The Hall–Kier alpha value is -1.98. The van der Waals surface area contributed by atoms with E-state index in [4.69, 9.17) is 9.47 Å². The zero-order chi connectivity index (χ0) is 26.8. The molecule has 4 aliphatic rings. The van der Waals surface area contributed by atoms with Crippen LogP contribution in [0.2, 0.25) is 0 Å². The lowest BCUT2D eigenvalue weighted by Gasteiger charge is -2.60. The van der Waals surface area contributed by atoms with Crippen LogP contribution in [-0.4, -0.2) is 36.7 Å². The van der Waals surface area contributed by atoms with Crippen molar-refractivity contribution in [2.45, 2.75) is 106 Å². The molecule has 200 valence electrons. The molecule has 6 heteroatoms. The first kappa shape index (κ1) is 27.1. The molecule has 2 saturated carbocycles. The average Bonchev–Trinajstić information content (AvgIpc) is 3.06. The van der Waals surface area contributed by atoms with Crippen molar-refractivity contribution < 1.29 is 28.7 Å². The number of ether oxygens (including phenoxy) is 2. The second kappa shape index (κ2) is 8.80. The van der Waals surface area contributed by atoms with Gasteiger partial charge in [0.05, 0.1) is 7.11 Å². The normalized spacial score (nSPS) is 40.2. The lowest BCUT2D eigenvalue weighted by atomic mass is 9.42. The SMILES string of the molecule is COC(=O)CC[C@@H](C)[C@H]1CC[C@@]2(C)C3=C(C(=O)C[C@]12C)[C@@]1(C)CC[C@H](OC(C)=O)C(C)(C)[C@H]1CC3=O. The lowest BCUT2D eigenvalue weighted by Crippen LogP contribution is -2.59. The number of carbonyl (C=O) groups is 4. The molecule has 4 rings (SSSR count). The molecule has 7 atom stereocenters. The van der Waals surface area contributed by atoms with Gasteiger partial charge in [-0.1, -0.05) is 41.5 Å². The first-order valence-electron chi connectivity index (χ1n) is 13.7. The van der Waals surface area contributed by atoms with E-state index < -0.39 is 10.8 Å². The number of Topliss-reactive ketones (excluding diaryl/α,β-unsaturated/α-hetero) is 2. The summed E-state index contributed by atoms with van der Waals surface area (Å²) in [7, 11) is 1.41. The average molecular weight is 501 g/mol. The number of esters is 2. The van der Waals surface area contributed by atoms with Gasteiger partial charge in [-0.15, -0.1) is 0 Å². The Labute approximate surface area is 215 Å². The fraction of sp³-hybridized carbons (Fsp3) is 0.800. The molecule has 0 bridgehead atoms. The Balaban J connectivity index is 1.74. The molecule has 2 fully saturated rings. The number of hydrogen-bond acceptors (Lipinski definition) is 6. The number of allylic oxidation sites excluding steroid dienone is 2. The molecular weight excluding hydrogens is 456 g/mol. The molecule has 4 aliphatic carbocycles. The summed E-state index contributed by atoms with van der Waals surface area (Å²) in [6, 6.07) is 0. The standard InChI is InChI=1S/C30H44O6/c1-17(9-10-24(34)35-8)19-11-14-29(6)26-20(32)15-22-27(3,4)23(36-18(2)31)12-13-28(22,5)25(26)21(33)16-30(19,29)7/h17,19,22-23H,9-16H2,1-8H3/t17-,19-,22-,23+,28+,29+,30-/m1/s1. The van der Waals surface area contributed by atoms with Crippen LogP contribution in [0, 0.1) is 39.4 Å². The zero-order valence-electron chi connectivity index (χ0n) is 23.4. The third-order valence-corrected chi connectivity index (χ3v) is 11.3. The summed E-state index contributed by atoms with van der Waals surface area (Å²) in [4.78, 5) is 51.7. The van der Waals surface area contributed by atoms with Crippen LogP contribution in [-0.2, 0) is 28.7 Å². The maximum absolute atomic E-state index is 14.1. The molecule has 0 amide bonds. The second-order valence-electron chi connectivity index (χ2n) is 13.4. The predicted octanol–water partition coefficient (Wildman–Crippen LogP) is 5.61. The number of methoxy groups -OCH3 is 1. The van der Waals surface area contributed by atoms with E-state index in [1.165, 1.54) is 14.0 Å². The second-order valence-corrected chi connectivity index (χ2v) is 13.4. The van der Waals surface area contributed by atoms with E-state index >= 15 is 0 Å². The number of ketones is 2. The molecule has 0 aliphatic heterocycles. The molecule has 0 aromatic rings. The molecule has 0 unspecified atom stereocenters. The smallest absolute Gasteiger partial charge is 0.305 e. The lowest BCUT2D eigenvalue weighted by molar-refractivity contribution is -0.169. The van der Waals surface area contributed by atoms with E-state index in [9.17, 15) is 19.2 Å². The molecular formula is C30H44O6. The Kier molecular flexibility index (Phi) is 6.62. The van der Waals surface area contributed by atoms with E-state index in [1.807, 2.05) is 0 Å². The summed E-state index contributed by atoms with van der Waals surface area (Å²) < 4.78 is 10.6. The van der Waals surface area contributed by atoms with Gasteiger partial charge < -0.3 is 9.47 Å². The van der Waals surface area contributed by atoms with E-state index in [2.05, 4.69) is 41.5 Å². The summed E-state index contributed by atoms with van der Waals surface area (Å²) in [5.74, 6) is 0.195. The molecule has 0 radical (unpaired) electrons. The van der Waals surface area contributed by atoms with Crippen molar-refractivity contribution in [3.8, 4) is 0 Å². The molecule has 36 heavy (non-hydrogen) atoms. The fourth-order valence-corrected chi connectivity index (χ4v) is 9.15. The van der Waals surface area contributed by atoms with Crippen LogP contribution < -0.4 is 0 Å². The highest BCUT2D eigenvalue weighted by molar-refractivity contribution is 6.11. The largest absolute Gasteiger partial charge is 0.469 e. The van der Waals surface area contributed by atoms with Gasteiger partial charge in [-0.05, 0) is 55.3 Å². The highest BCUT2D eigenvalue weighted by Gasteiger charge is 2.67. The molecule has 0 spiro atoms. The summed E-state index contributed by atoms with van der Waals surface area (Å²) in [6.07, 6.45) is 4.95. The third kappa shape index (κ3) is 3.72. The van der Waals surface area contributed by atoms with Crippen LogP contribution in [0.4, 0.5) is 0 Å². The van der Waals surface area contributed by atoms with Crippen molar-refractivity contribution in [1.29, 1.82) is 0 Å². The number of rotatable bonds is 5. The topological polar surface area (TPSA) is 86.7 Å². The van der Waals surface area contributed by atoms with Gasteiger partial charge in [0, 0.05) is 53.6 Å². The molecule has 0 saturated heterocycles. The first-order valence-corrected chi connectivity index (χ1v) is 13.7. The van der Waals surface area contributed by atoms with Gasteiger partial charge in [-0.2, -0.15) is 0 Å². The molecule has 0 aromatic heterocycles. The van der Waals surface area contributed by atoms with Gasteiger partial charge >= 0.3 is 11.9 Å². The maximum atomic E-state index is 14.1. The summed E-state index contributed by atoms with van der Waals surface area (Å²) in [5.41, 5.74) is 0.0872. The van der Waals surface area contributed by atoms with Crippen LogP contribution in [0.25, 0.3) is 0 Å². The molecule has 0 aromatic carbocycles. The minimum absolute atomic E-state index is 0.0533. The van der Waals surface area contributed by atoms with Crippen LogP contribution in [0.3, 0.4) is 0 Å². The highest BCUT2D eigenvalue weighted by Crippen LogP contribution is 2.71. The molecule has 0 N–H and O–H groups in total. The predicted molar refractivity (Wildman–Crippen MR) is 136 cm³/mol. The maximum Gasteiger partial charge on any atom is 0.305 e. The van der Waals surface area contributed by atoms with Crippen molar-refractivity contribution in [3.05, 3.63) is 11.1 Å². The van der Waals surface area contributed by atoms with Crippen molar-refractivity contribution in [3.63, 3.8) is 0 Å². The number of hydrogen-bond donors (Lipinski definition) is 0. The summed E-state index contributed by atoms with van der Waals surface area (Å²) in [6.45, 7) is 14.4. The van der Waals surface area contributed by atoms with Gasteiger partial charge in [0.2, 0.25) is 0 Å². The molecule has 6 nitrogen and oxygen atoms in total. The van der Waals surface area contributed by atoms with Gasteiger partial charge in [-0.25, -0.2) is 0 Å². The van der Waals surface area contributed by atoms with Crippen LogP contribution >= 0.6 is 0 Å². The summed E-state index contributed by atoms with van der Waals surface area (Å²) >= 11 is 0. The van der Waals surface area contributed by atoms with E-state index in [-0.39, 0.29) is 58.2 Å². The fourth-order valence-electron chi connectivity index (χ4n) is 9.15. The van der Waals surface area contributed by atoms with Crippen molar-refractivity contribution >= 4 is 23.5 Å². The Bertz CT molecular complexity index is 1020. The van der Waals surface area contributed by atoms with Gasteiger partial charge in [-0.3, -0.25) is 19.2 Å². The van der Waals surface area contributed by atoms with E-state index in [0.29, 0.717) is 25.7 Å². The Morgan fingerprint density at radius 3 is 2.28 bits per heavy atom. The minimum Gasteiger partial charge on any atom is -0.469 e. The quantitative estimate of drug-likeness (QED) is 0.456. The Morgan fingerprint density at radius 1 is 1.00 bits per heavy atom. The number of fused-ring (bicyclic) bond motifs is 4. The van der Waals surface area contributed by atoms with Crippen LogP contribution in [0.15, 0.2) is 11.1 Å². The minimum atomic E-state index is -0.407. The van der Waals surface area contributed by atoms with Crippen molar-refractivity contribution in [2.75, 3.05) is 7.11 Å². The highest BCUT2D eigenvalue weighted by atomic mass is 16.5. The molecule has 0 heterocycles. The zero-order valence-corrected chi connectivity index (χ0v) is 23.4. The monoisotopic (exact) mass is 500 g/mol. The van der Waals surface area contributed by atoms with Gasteiger partial charge in [0.1, 0.15) is 6.10 Å². The van der Waals surface area contributed by atoms with Gasteiger partial charge in [0.25, 0.3) is 0 Å². The number of carbonyl (C=O) groups excluding carboxylic acids is 4. The summed E-state index contributed by atoms with van der Waals surface area (Å²) in [5, 5.41) is 0. The Morgan fingerprint density at radius 2 is 1.67 bits per heavy atom. The van der Waals surface area contributed by atoms with E-state index in [0.717, 1.165) is 36.8 Å². The van der Waals surface area contributed by atoms with Crippen molar-refractivity contribution in [1.82, 2.24) is 0 Å². The van der Waals surface area contributed by atoms with Gasteiger partial charge in [0.15, 0.2) is 11.6 Å². The van der Waals surface area contributed by atoms with Crippen LogP contribution in [0.1, 0.15) is 99.8 Å². The van der Waals surface area contributed by atoms with E-state index in [1.54, 1.807) is 0 Å². The van der Waals surface area contributed by atoms with Crippen LogP contribution in [0.5, 0.6) is 0 Å².